The summed E-state index contributed by atoms with van der Waals surface area (Å²) in [6.07, 6.45) is 2.35. The summed E-state index contributed by atoms with van der Waals surface area (Å²) >= 11 is 1.62. The van der Waals surface area contributed by atoms with Crippen LogP contribution in [0.3, 0.4) is 0 Å². The Labute approximate surface area is 115 Å². The van der Waals surface area contributed by atoms with Crippen molar-refractivity contribution in [1.29, 1.82) is 0 Å². The van der Waals surface area contributed by atoms with E-state index in [9.17, 15) is 4.39 Å². The smallest absolute Gasteiger partial charge is 0.191 e. The second-order valence-corrected chi connectivity index (χ2v) is 5.56. The summed E-state index contributed by atoms with van der Waals surface area (Å²) in [5.41, 5.74) is 6.75. The second kappa shape index (κ2) is 5.30. The number of nitrogens with zero attached hydrogens (tertiary/aromatic N) is 3. The van der Waals surface area contributed by atoms with Crippen LogP contribution in [0.25, 0.3) is 0 Å². The van der Waals surface area contributed by atoms with Crippen LogP contribution in [0.1, 0.15) is 30.3 Å². The predicted molar refractivity (Wildman–Crippen MR) is 72.1 cm³/mol. The summed E-state index contributed by atoms with van der Waals surface area (Å²) in [5, 5.41) is 9.24. The first-order chi connectivity index (χ1) is 9.28. The number of benzene rings is 1. The minimum atomic E-state index is -0.208. The quantitative estimate of drug-likeness (QED) is 0.854. The van der Waals surface area contributed by atoms with Crippen LogP contribution in [-0.4, -0.2) is 14.8 Å². The maximum Gasteiger partial charge on any atom is 0.191 e. The van der Waals surface area contributed by atoms with E-state index in [4.69, 9.17) is 5.73 Å². The fourth-order valence-corrected chi connectivity index (χ4v) is 2.95. The Balaban J connectivity index is 1.73. The SMILES string of the molecule is NCc1nnc(SCc2ccc(F)cc2)n1C1CC1. The Hall–Kier alpha value is -1.40. The van der Waals surface area contributed by atoms with Gasteiger partial charge in [0.2, 0.25) is 0 Å². The molecular weight excluding hydrogens is 263 g/mol. The van der Waals surface area contributed by atoms with Gasteiger partial charge in [0, 0.05) is 11.8 Å². The van der Waals surface area contributed by atoms with E-state index in [2.05, 4.69) is 14.8 Å². The molecule has 2 N–H and O–H groups in total. The molecule has 0 radical (unpaired) electrons. The van der Waals surface area contributed by atoms with Crippen LogP contribution in [0.2, 0.25) is 0 Å². The number of thioether (sulfide) groups is 1. The van der Waals surface area contributed by atoms with E-state index in [1.807, 2.05) is 0 Å². The molecule has 100 valence electrons. The van der Waals surface area contributed by atoms with Crippen molar-refractivity contribution < 1.29 is 4.39 Å². The highest BCUT2D eigenvalue weighted by Gasteiger charge is 2.29. The average molecular weight is 278 g/mol. The van der Waals surface area contributed by atoms with Crippen molar-refractivity contribution in [1.82, 2.24) is 14.8 Å². The first-order valence-electron chi connectivity index (χ1n) is 6.29. The molecule has 3 rings (SSSR count). The van der Waals surface area contributed by atoms with Crippen LogP contribution in [-0.2, 0) is 12.3 Å². The number of halogens is 1. The number of aromatic nitrogens is 3. The lowest BCUT2D eigenvalue weighted by molar-refractivity contribution is 0.626. The lowest BCUT2D eigenvalue weighted by Gasteiger charge is -2.07. The number of hydrogen-bond acceptors (Lipinski definition) is 4. The van der Waals surface area contributed by atoms with Crippen LogP contribution in [0.5, 0.6) is 0 Å². The van der Waals surface area contributed by atoms with Crippen LogP contribution >= 0.6 is 11.8 Å². The van der Waals surface area contributed by atoms with E-state index in [0.717, 1.165) is 22.3 Å². The maximum atomic E-state index is 12.8. The number of rotatable bonds is 5. The van der Waals surface area contributed by atoms with Crippen molar-refractivity contribution in [3.63, 3.8) is 0 Å². The molecule has 1 aliphatic rings. The summed E-state index contributed by atoms with van der Waals surface area (Å²) < 4.78 is 15.0. The van der Waals surface area contributed by atoms with Gasteiger partial charge in [-0.2, -0.15) is 0 Å². The van der Waals surface area contributed by atoms with Crippen molar-refractivity contribution in [2.75, 3.05) is 0 Å². The van der Waals surface area contributed by atoms with Gasteiger partial charge in [-0.25, -0.2) is 4.39 Å². The fourth-order valence-electron chi connectivity index (χ4n) is 1.97. The molecule has 0 bridgehead atoms. The minimum Gasteiger partial charge on any atom is -0.324 e. The molecule has 0 unspecified atom stereocenters. The molecule has 4 nitrogen and oxygen atoms in total. The van der Waals surface area contributed by atoms with Crippen LogP contribution in [0.15, 0.2) is 29.4 Å². The van der Waals surface area contributed by atoms with E-state index >= 15 is 0 Å². The maximum absolute atomic E-state index is 12.8. The minimum absolute atomic E-state index is 0.208. The van der Waals surface area contributed by atoms with Gasteiger partial charge in [0.25, 0.3) is 0 Å². The van der Waals surface area contributed by atoms with Gasteiger partial charge in [-0.3, -0.25) is 0 Å². The molecule has 1 aromatic heterocycles. The van der Waals surface area contributed by atoms with Gasteiger partial charge in [0.05, 0.1) is 6.54 Å². The number of hydrogen-bond donors (Lipinski definition) is 1. The molecule has 0 spiro atoms. The number of nitrogens with two attached hydrogens (primary N) is 1. The van der Waals surface area contributed by atoms with Gasteiger partial charge in [-0.05, 0) is 30.5 Å². The molecule has 0 aliphatic heterocycles. The largest absolute Gasteiger partial charge is 0.324 e. The lowest BCUT2D eigenvalue weighted by Crippen LogP contribution is -2.08. The zero-order chi connectivity index (χ0) is 13.2. The van der Waals surface area contributed by atoms with Crippen LogP contribution in [0.4, 0.5) is 4.39 Å². The molecule has 0 saturated heterocycles. The van der Waals surface area contributed by atoms with Crippen LogP contribution in [0, 0.1) is 5.82 Å². The van der Waals surface area contributed by atoms with E-state index in [1.165, 1.54) is 25.0 Å². The third-order valence-corrected chi connectivity index (χ3v) is 4.13. The molecular formula is C13H15FN4S. The second-order valence-electron chi connectivity index (χ2n) is 4.62. The highest BCUT2D eigenvalue weighted by atomic mass is 32.2. The topological polar surface area (TPSA) is 56.7 Å². The normalized spacial score (nSPS) is 14.8. The molecule has 1 heterocycles. The molecule has 1 fully saturated rings. The van der Waals surface area contributed by atoms with Gasteiger partial charge >= 0.3 is 0 Å². The molecule has 19 heavy (non-hydrogen) atoms. The van der Waals surface area contributed by atoms with Gasteiger partial charge in [0.1, 0.15) is 11.6 Å². The zero-order valence-electron chi connectivity index (χ0n) is 10.4. The zero-order valence-corrected chi connectivity index (χ0v) is 11.2. The molecule has 1 saturated carbocycles. The van der Waals surface area contributed by atoms with Gasteiger partial charge in [-0.15, -0.1) is 10.2 Å². The first kappa shape index (κ1) is 12.6. The predicted octanol–water partition coefficient (Wildman–Crippen LogP) is 2.50. The molecule has 6 heteroatoms. The lowest BCUT2D eigenvalue weighted by atomic mass is 10.2. The van der Waals surface area contributed by atoms with Gasteiger partial charge in [-0.1, -0.05) is 23.9 Å². The van der Waals surface area contributed by atoms with Crippen molar-refractivity contribution in [3.8, 4) is 0 Å². The molecule has 1 aliphatic carbocycles. The summed E-state index contributed by atoms with van der Waals surface area (Å²) in [6.45, 7) is 0.417. The van der Waals surface area contributed by atoms with Crippen molar-refractivity contribution in [3.05, 3.63) is 41.5 Å². The van der Waals surface area contributed by atoms with Crippen LogP contribution < -0.4 is 5.73 Å². The van der Waals surface area contributed by atoms with E-state index in [-0.39, 0.29) is 5.82 Å². The van der Waals surface area contributed by atoms with Crippen molar-refractivity contribution in [2.24, 2.45) is 5.73 Å². The Bertz CT molecular complexity index is 563. The Kier molecular flexibility index (Phi) is 3.52. The summed E-state index contributed by atoms with van der Waals surface area (Å²) in [4.78, 5) is 0. The third-order valence-electron chi connectivity index (χ3n) is 3.11. The Morgan fingerprint density at radius 3 is 2.63 bits per heavy atom. The monoisotopic (exact) mass is 278 g/mol. The Morgan fingerprint density at radius 2 is 2.00 bits per heavy atom. The van der Waals surface area contributed by atoms with Crippen molar-refractivity contribution >= 4 is 11.8 Å². The highest BCUT2D eigenvalue weighted by Crippen LogP contribution is 2.39. The highest BCUT2D eigenvalue weighted by molar-refractivity contribution is 7.98. The van der Waals surface area contributed by atoms with E-state index in [0.29, 0.717) is 12.6 Å². The fraction of sp³-hybridized carbons (Fsp3) is 0.385. The summed E-state index contributed by atoms with van der Waals surface area (Å²) in [5.74, 6) is 1.40. The molecule has 1 aromatic carbocycles. The molecule has 2 aromatic rings. The van der Waals surface area contributed by atoms with Gasteiger partial charge in [0.15, 0.2) is 5.16 Å². The first-order valence-corrected chi connectivity index (χ1v) is 7.27. The van der Waals surface area contributed by atoms with Crippen molar-refractivity contribution in [2.45, 2.75) is 36.3 Å². The standard InChI is InChI=1S/C13H15FN4S/c14-10-3-1-9(2-4-10)8-19-13-17-16-12(7-15)18(13)11-5-6-11/h1-4,11H,5-8,15H2. The van der Waals surface area contributed by atoms with Gasteiger partial charge < -0.3 is 10.3 Å². The summed E-state index contributed by atoms with van der Waals surface area (Å²) in [6, 6.07) is 7.07. The average Bonchev–Trinajstić information content (AvgIpc) is 3.18. The van der Waals surface area contributed by atoms with E-state index < -0.39 is 0 Å². The molecule has 0 amide bonds. The Morgan fingerprint density at radius 1 is 1.26 bits per heavy atom. The van der Waals surface area contributed by atoms with E-state index in [1.54, 1.807) is 23.9 Å². The summed E-state index contributed by atoms with van der Waals surface area (Å²) in [7, 11) is 0. The molecule has 0 atom stereocenters. The third kappa shape index (κ3) is 2.79.